The summed E-state index contributed by atoms with van der Waals surface area (Å²) in [5.74, 6) is -2.63. The van der Waals surface area contributed by atoms with Crippen molar-refractivity contribution in [1.29, 1.82) is 0 Å². The standard InChI is InChI=1S/C27H35N3O9S/c1-19-7-10-22(11-8-19)40(35,36)16-15-39-27(34)29-24(26(33)38-4)17-21(18-30-13-5-6-14-30)9-12-23(25(32)37-3)28-20(2)31/h7-12,18,24H,5-6,13-17H2,1-4H3,(H,29,34)/b12-9+,21-18-,28-23?. The first-order valence-electron chi connectivity index (χ1n) is 12.6. The Kier molecular flexibility index (Phi) is 12.5. The summed E-state index contributed by atoms with van der Waals surface area (Å²) in [5.41, 5.74) is 1.18. The number of benzene rings is 1. The molecule has 0 spiro atoms. The van der Waals surface area contributed by atoms with E-state index in [4.69, 9.17) is 9.47 Å². The van der Waals surface area contributed by atoms with Gasteiger partial charge in [-0.25, -0.2) is 27.8 Å². The van der Waals surface area contributed by atoms with E-state index in [1.54, 1.807) is 18.3 Å². The number of allylic oxidation sites excluding steroid dienone is 1. The number of esters is 2. The van der Waals surface area contributed by atoms with E-state index in [1.165, 1.54) is 31.2 Å². The van der Waals surface area contributed by atoms with Crippen LogP contribution in [0.2, 0.25) is 0 Å². The number of nitrogens with one attached hydrogen (secondary N) is 1. The molecule has 1 saturated heterocycles. The van der Waals surface area contributed by atoms with Gasteiger partial charge >= 0.3 is 18.0 Å². The summed E-state index contributed by atoms with van der Waals surface area (Å²) in [6.45, 7) is 4.14. The zero-order valence-corrected chi connectivity index (χ0v) is 23.9. The molecule has 1 aliphatic heterocycles. The van der Waals surface area contributed by atoms with E-state index in [2.05, 4.69) is 15.0 Å². The van der Waals surface area contributed by atoms with Crippen LogP contribution in [0, 0.1) is 6.92 Å². The predicted molar refractivity (Wildman–Crippen MR) is 146 cm³/mol. The second kappa shape index (κ2) is 15.6. The number of amides is 2. The summed E-state index contributed by atoms with van der Waals surface area (Å²) < 4.78 is 39.6. The van der Waals surface area contributed by atoms with Crippen molar-refractivity contribution in [2.45, 2.75) is 44.0 Å². The van der Waals surface area contributed by atoms with Crippen LogP contribution in [0.5, 0.6) is 0 Å². The normalized spacial score (nSPS) is 15.1. The lowest BCUT2D eigenvalue weighted by Crippen LogP contribution is -2.42. The third-order valence-electron chi connectivity index (χ3n) is 5.80. The molecule has 1 fully saturated rings. The van der Waals surface area contributed by atoms with Crippen molar-refractivity contribution in [2.24, 2.45) is 4.99 Å². The minimum Gasteiger partial charge on any atom is -0.467 e. The maximum absolute atomic E-state index is 12.5. The highest BCUT2D eigenvalue weighted by atomic mass is 32.2. The van der Waals surface area contributed by atoms with Crippen LogP contribution in [-0.2, 0) is 38.4 Å². The fraction of sp³-hybridized carbons (Fsp3) is 0.444. The van der Waals surface area contributed by atoms with Crippen LogP contribution in [-0.4, -0.2) is 88.7 Å². The average molecular weight is 578 g/mol. The molecule has 0 aromatic heterocycles. The maximum Gasteiger partial charge on any atom is 0.407 e. The Hall–Kier alpha value is -4.00. The van der Waals surface area contributed by atoms with Crippen molar-refractivity contribution in [2.75, 3.05) is 39.7 Å². The lowest BCUT2D eigenvalue weighted by atomic mass is 10.1. The van der Waals surface area contributed by atoms with Crippen molar-refractivity contribution in [3.63, 3.8) is 0 Å². The molecule has 1 N–H and O–H groups in total. The van der Waals surface area contributed by atoms with Gasteiger partial charge in [0.15, 0.2) is 15.5 Å². The molecule has 0 bridgehead atoms. The highest BCUT2D eigenvalue weighted by Gasteiger charge is 2.25. The molecule has 1 aromatic carbocycles. The summed E-state index contributed by atoms with van der Waals surface area (Å²) in [7, 11) is -1.37. The number of carbonyl (C=O) groups is 4. The number of aryl methyl sites for hydroxylation is 1. The monoisotopic (exact) mass is 577 g/mol. The van der Waals surface area contributed by atoms with E-state index < -0.39 is 52.2 Å². The Morgan fingerprint density at radius 3 is 2.27 bits per heavy atom. The number of sulfone groups is 1. The number of alkyl carbamates (subject to hydrolysis) is 1. The Bertz CT molecular complexity index is 1260. The molecule has 1 aliphatic rings. The van der Waals surface area contributed by atoms with Crippen LogP contribution >= 0.6 is 0 Å². The lowest BCUT2D eigenvalue weighted by molar-refractivity contribution is -0.143. The Morgan fingerprint density at radius 1 is 1.05 bits per heavy atom. The summed E-state index contributed by atoms with van der Waals surface area (Å²) in [6.07, 6.45) is 5.44. The van der Waals surface area contributed by atoms with Gasteiger partial charge in [0.05, 0.1) is 24.9 Å². The molecule has 1 unspecified atom stereocenters. The van der Waals surface area contributed by atoms with Crippen molar-refractivity contribution >= 4 is 39.5 Å². The van der Waals surface area contributed by atoms with Gasteiger partial charge in [-0.1, -0.05) is 23.8 Å². The number of hydrogen-bond donors (Lipinski definition) is 1. The van der Waals surface area contributed by atoms with Gasteiger partial charge in [0, 0.05) is 32.6 Å². The fourth-order valence-corrected chi connectivity index (χ4v) is 4.83. The Labute approximate surface area is 234 Å². The Balaban J connectivity index is 2.15. The van der Waals surface area contributed by atoms with Gasteiger partial charge < -0.3 is 24.4 Å². The second-order valence-corrected chi connectivity index (χ2v) is 11.1. The SMILES string of the molecule is COC(=O)C(/C=C/C(=C/N1CCCC1)CC(NC(=O)OCCS(=O)(=O)c1ccc(C)cc1)C(=O)OC)=NC(C)=O. The molecular formula is C27H35N3O9S. The van der Waals surface area contributed by atoms with Crippen LogP contribution < -0.4 is 5.32 Å². The molecule has 0 radical (unpaired) electrons. The molecule has 13 heteroatoms. The van der Waals surface area contributed by atoms with Crippen molar-refractivity contribution in [3.05, 3.63) is 53.8 Å². The molecule has 40 heavy (non-hydrogen) atoms. The highest BCUT2D eigenvalue weighted by Crippen LogP contribution is 2.16. The zero-order valence-electron chi connectivity index (χ0n) is 23.0. The van der Waals surface area contributed by atoms with Gasteiger partial charge in [-0.05, 0) is 43.5 Å². The smallest absolute Gasteiger partial charge is 0.407 e. The van der Waals surface area contributed by atoms with Gasteiger partial charge in [0.2, 0.25) is 5.91 Å². The first-order chi connectivity index (χ1) is 18.9. The van der Waals surface area contributed by atoms with Crippen LogP contribution in [0.15, 0.2) is 58.1 Å². The number of aliphatic imine (C=N–C) groups is 1. The first-order valence-corrected chi connectivity index (χ1v) is 14.2. The van der Waals surface area contributed by atoms with E-state index in [-0.39, 0.29) is 17.0 Å². The van der Waals surface area contributed by atoms with Gasteiger partial charge in [-0.15, -0.1) is 0 Å². The largest absolute Gasteiger partial charge is 0.467 e. The van der Waals surface area contributed by atoms with Crippen molar-refractivity contribution < 1.29 is 41.8 Å². The Morgan fingerprint density at radius 2 is 1.70 bits per heavy atom. The average Bonchev–Trinajstić information content (AvgIpc) is 3.42. The summed E-state index contributed by atoms with van der Waals surface area (Å²) >= 11 is 0. The molecule has 0 aliphatic carbocycles. The van der Waals surface area contributed by atoms with Crippen molar-refractivity contribution in [1.82, 2.24) is 10.2 Å². The van der Waals surface area contributed by atoms with E-state index in [1.807, 2.05) is 11.8 Å². The molecule has 0 saturated carbocycles. The quantitative estimate of drug-likeness (QED) is 0.169. The van der Waals surface area contributed by atoms with E-state index in [0.717, 1.165) is 45.7 Å². The third kappa shape index (κ3) is 10.6. The number of carbonyl (C=O) groups excluding carboxylic acids is 4. The van der Waals surface area contributed by atoms with Crippen LogP contribution in [0.25, 0.3) is 0 Å². The predicted octanol–water partition coefficient (Wildman–Crippen LogP) is 2.12. The molecule has 218 valence electrons. The molecule has 1 aromatic rings. The molecule has 12 nitrogen and oxygen atoms in total. The molecule has 2 rings (SSSR count). The van der Waals surface area contributed by atoms with Crippen LogP contribution in [0.4, 0.5) is 4.79 Å². The second-order valence-electron chi connectivity index (χ2n) is 8.98. The third-order valence-corrected chi connectivity index (χ3v) is 7.49. The van der Waals surface area contributed by atoms with Crippen LogP contribution in [0.1, 0.15) is 31.7 Å². The molecular weight excluding hydrogens is 542 g/mol. The number of rotatable bonds is 12. The minimum absolute atomic E-state index is 0.0645. The fourth-order valence-electron chi connectivity index (χ4n) is 3.74. The number of hydrogen-bond acceptors (Lipinski definition) is 10. The number of nitrogens with zero attached hydrogens (tertiary/aromatic N) is 2. The number of methoxy groups -OCH3 is 2. The van der Waals surface area contributed by atoms with E-state index >= 15 is 0 Å². The summed E-state index contributed by atoms with van der Waals surface area (Å²) in [5, 5.41) is 2.41. The van der Waals surface area contributed by atoms with Crippen molar-refractivity contribution in [3.8, 4) is 0 Å². The highest BCUT2D eigenvalue weighted by molar-refractivity contribution is 7.91. The molecule has 2 amide bonds. The minimum atomic E-state index is -3.68. The molecule has 1 heterocycles. The van der Waals surface area contributed by atoms with Crippen LogP contribution in [0.3, 0.4) is 0 Å². The van der Waals surface area contributed by atoms with E-state index in [0.29, 0.717) is 5.57 Å². The van der Waals surface area contributed by atoms with Gasteiger partial charge in [-0.3, -0.25) is 4.79 Å². The lowest BCUT2D eigenvalue weighted by Gasteiger charge is -2.19. The van der Waals surface area contributed by atoms with E-state index in [9.17, 15) is 27.6 Å². The number of ether oxygens (including phenoxy) is 3. The summed E-state index contributed by atoms with van der Waals surface area (Å²) in [6, 6.07) is 5.10. The van der Waals surface area contributed by atoms with Gasteiger partial charge in [0.25, 0.3) is 0 Å². The van der Waals surface area contributed by atoms with Gasteiger partial charge in [-0.2, -0.15) is 0 Å². The summed E-state index contributed by atoms with van der Waals surface area (Å²) in [4.78, 5) is 54.3. The van der Waals surface area contributed by atoms with Gasteiger partial charge in [0.1, 0.15) is 12.6 Å². The molecule has 1 atom stereocenters. The maximum atomic E-state index is 12.5. The topological polar surface area (TPSA) is 158 Å². The zero-order chi connectivity index (χ0) is 29.7. The first kappa shape index (κ1) is 32.2. The number of likely N-dealkylation sites (tertiary alicyclic amines) is 1.